The van der Waals surface area contributed by atoms with Crippen LogP contribution in [0.25, 0.3) is 0 Å². The van der Waals surface area contributed by atoms with Crippen molar-refractivity contribution in [1.82, 2.24) is 15.2 Å². The largest absolute Gasteiger partial charge is 0.435 e. The second kappa shape index (κ2) is 6.64. The maximum atomic E-state index is 12.3. The lowest BCUT2D eigenvalue weighted by Crippen LogP contribution is -2.30. The van der Waals surface area contributed by atoms with Crippen LogP contribution >= 0.6 is 0 Å². The molecule has 3 N–H and O–H groups in total. The predicted octanol–water partition coefficient (Wildman–Crippen LogP) is 2.08. The maximum Gasteiger partial charge on any atom is 0.387 e. The Morgan fingerprint density at radius 2 is 2.14 bits per heavy atom. The van der Waals surface area contributed by atoms with Gasteiger partial charge in [0.15, 0.2) is 0 Å². The lowest BCUT2D eigenvalue weighted by atomic mass is 10.0. The Labute approximate surface area is 121 Å². The topological polar surface area (TPSA) is 65.1 Å². The van der Waals surface area contributed by atoms with E-state index >= 15 is 0 Å². The van der Waals surface area contributed by atoms with E-state index in [1.165, 1.54) is 6.07 Å². The van der Waals surface area contributed by atoms with E-state index in [4.69, 9.17) is 5.84 Å². The number of aromatic nitrogens is 2. The van der Waals surface area contributed by atoms with Crippen molar-refractivity contribution in [3.63, 3.8) is 0 Å². The molecule has 5 nitrogen and oxygen atoms in total. The summed E-state index contributed by atoms with van der Waals surface area (Å²) in [5, 5.41) is 4.27. The first-order valence-corrected chi connectivity index (χ1v) is 6.50. The highest BCUT2D eigenvalue weighted by molar-refractivity contribution is 5.31. The maximum absolute atomic E-state index is 12.3. The molecule has 114 valence electrons. The molecular formula is C14H18F2N4O. The van der Waals surface area contributed by atoms with Crippen LogP contribution in [0.1, 0.15) is 23.0 Å². The van der Waals surface area contributed by atoms with E-state index in [1.807, 2.05) is 26.1 Å². The van der Waals surface area contributed by atoms with Gasteiger partial charge in [-0.25, -0.2) is 0 Å². The van der Waals surface area contributed by atoms with Crippen LogP contribution in [-0.4, -0.2) is 16.4 Å². The van der Waals surface area contributed by atoms with Crippen molar-refractivity contribution < 1.29 is 13.5 Å². The van der Waals surface area contributed by atoms with Crippen molar-refractivity contribution in [3.8, 4) is 5.75 Å². The Kier molecular flexibility index (Phi) is 4.87. The molecule has 0 aliphatic heterocycles. The molecule has 2 rings (SSSR count). The first-order chi connectivity index (χ1) is 9.99. The summed E-state index contributed by atoms with van der Waals surface area (Å²) in [5.74, 6) is 5.71. The summed E-state index contributed by atoms with van der Waals surface area (Å²) < 4.78 is 30.7. The molecule has 7 heteroatoms. The standard InChI is InChI=1S/C14H18F2N4O/c1-9-6-11(20(2)19-9)8-13(18-17)10-4-3-5-12(7-10)21-14(15)16/h3-7,13-14,18H,8,17H2,1-2H3. The van der Waals surface area contributed by atoms with Crippen molar-refractivity contribution >= 4 is 0 Å². The first-order valence-electron chi connectivity index (χ1n) is 6.50. The molecule has 0 saturated heterocycles. The number of nitrogens with two attached hydrogens (primary N) is 1. The Morgan fingerprint density at radius 3 is 2.71 bits per heavy atom. The number of ether oxygens (including phenoxy) is 1. The summed E-state index contributed by atoms with van der Waals surface area (Å²) >= 11 is 0. The van der Waals surface area contributed by atoms with Crippen molar-refractivity contribution in [2.45, 2.75) is 26.0 Å². The van der Waals surface area contributed by atoms with Gasteiger partial charge in [-0.3, -0.25) is 16.0 Å². The lowest BCUT2D eigenvalue weighted by molar-refractivity contribution is -0.0499. The molecule has 2 aromatic rings. The Balaban J connectivity index is 2.19. The number of alkyl halides is 2. The van der Waals surface area contributed by atoms with Gasteiger partial charge in [0.2, 0.25) is 0 Å². The summed E-state index contributed by atoms with van der Waals surface area (Å²) in [7, 11) is 1.85. The summed E-state index contributed by atoms with van der Waals surface area (Å²) in [6.45, 7) is -0.935. The van der Waals surface area contributed by atoms with Crippen molar-refractivity contribution in [3.05, 3.63) is 47.3 Å². The molecule has 0 amide bonds. The highest BCUT2D eigenvalue weighted by atomic mass is 19.3. The van der Waals surface area contributed by atoms with Crippen LogP contribution in [-0.2, 0) is 13.5 Å². The predicted molar refractivity (Wildman–Crippen MR) is 74.8 cm³/mol. The fourth-order valence-electron chi connectivity index (χ4n) is 2.24. The van der Waals surface area contributed by atoms with Gasteiger partial charge in [0.05, 0.1) is 11.7 Å². The van der Waals surface area contributed by atoms with Gasteiger partial charge in [-0.05, 0) is 30.7 Å². The van der Waals surface area contributed by atoms with Gasteiger partial charge in [-0.2, -0.15) is 13.9 Å². The molecule has 0 aliphatic rings. The number of hydrazine groups is 1. The fourth-order valence-corrected chi connectivity index (χ4v) is 2.24. The zero-order chi connectivity index (χ0) is 15.4. The average molecular weight is 296 g/mol. The van der Waals surface area contributed by atoms with Crippen LogP contribution in [0.2, 0.25) is 0 Å². The lowest BCUT2D eigenvalue weighted by Gasteiger charge is -2.17. The zero-order valence-corrected chi connectivity index (χ0v) is 11.9. The Hall–Kier alpha value is -1.99. The van der Waals surface area contributed by atoms with E-state index in [-0.39, 0.29) is 11.8 Å². The Bertz CT molecular complexity index is 600. The molecule has 0 spiro atoms. The van der Waals surface area contributed by atoms with Crippen molar-refractivity contribution in [1.29, 1.82) is 0 Å². The van der Waals surface area contributed by atoms with Crippen LogP contribution in [0.3, 0.4) is 0 Å². The third-order valence-electron chi connectivity index (χ3n) is 3.20. The molecular weight excluding hydrogens is 278 g/mol. The summed E-state index contributed by atoms with van der Waals surface area (Å²) in [4.78, 5) is 0. The first kappa shape index (κ1) is 15.4. The van der Waals surface area contributed by atoms with E-state index in [2.05, 4.69) is 15.3 Å². The van der Waals surface area contributed by atoms with Gasteiger partial charge in [0, 0.05) is 19.2 Å². The number of rotatable bonds is 6. The molecule has 1 aromatic carbocycles. The number of hydrogen-bond donors (Lipinski definition) is 2. The van der Waals surface area contributed by atoms with Crippen LogP contribution in [0.15, 0.2) is 30.3 Å². The molecule has 1 atom stereocenters. The summed E-state index contributed by atoms with van der Waals surface area (Å²) in [6.07, 6.45) is 0.589. The van der Waals surface area contributed by atoms with Crippen molar-refractivity contribution in [2.75, 3.05) is 0 Å². The molecule has 1 heterocycles. The smallest absolute Gasteiger partial charge is 0.387 e. The Morgan fingerprint density at radius 1 is 1.38 bits per heavy atom. The molecule has 1 unspecified atom stereocenters. The minimum absolute atomic E-state index is 0.115. The highest BCUT2D eigenvalue weighted by Crippen LogP contribution is 2.23. The van der Waals surface area contributed by atoms with Gasteiger partial charge in [0.1, 0.15) is 5.75 Å². The number of hydrogen-bond acceptors (Lipinski definition) is 4. The van der Waals surface area contributed by atoms with Gasteiger partial charge >= 0.3 is 6.61 Å². The summed E-state index contributed by atoms with van der Waals surface area (Å²) in [6, 6.07) is 8.25. The minimum Gasteiger partial charge on any atom is -0.435 e. The second-order valence-electron chi connectivity index (χ2n) is 4.78. The molecule has 0 fully saturated rings. The van der Waals surface area contributed by atoms with Crippen LogP contribution in [0.5, 0.6) is 5.75 Å². The van der Waals surface area contributed by atoms with E-state index in [9.17, 15) is 8.78 Å². The molecule has 1 aromatic heterocycles. The normalized spacial score (nSPS) is 12.7. The van der Waals surface area contributed by atoms with E-state index < -0.39 is 6.61 Å². The van der Waals surface area contributed by atoms with Gasteiger partial charge in [-0.15, -0.1) is 0 Å². The third kappa shape index (κ3) is 3.99. The van der Waals surface area contributed by atoms with E-state index in [0.717, 1.165) is 17.0 Å². The molecule has 0 aliphatic carbocycles. The number of aryl methyl sites for hydroxylation is 2. The number of nitrogens with one attached hydrogen (secondary N) is 1. The monoisotopic (exact) mass is 296 g/mol. The quantitative estimate of drug-likeness (QED) is 0.633. The number of benzene rings is 1. The molecule has 0 saturated carbocycles. The molecule has 0 radical (unpaired) electrons. The second-order valence-corrected chi connectivity index (χ2v) is 4.78. The minimum atomic E-state index is -2.84. The number of halogens is 2. The molecule has 0 bridgehead atoms. The average Bonchev–Trinajstić information content (AvgIpc) is 2.73. The van der Waals surface area contributed by atoms with Crippen LogP contribution in [0.4, 0.5) is 8.78 Å². The van der Waals surface area contributed by atoms with Gasteiger partial charge < -0.3 is 4.74 Å². The highest BCUT2D eigenvalue weighted by Gasteiger charge is 2.15. The van der Waals surface area contributed by atoms with Gasteiger partial charge in [0.25, 0.3) is 0 Å². The third-order valence-corrected chi connectivity index (χ3v) is 3.20. The van der Waals surface area contributed by atoms with Crippen LogP contribution in [0, 0.1) is 6.92 Å². The number of nitrogens with zero attached hydrogens (tertiary/aromatic N) is 2. The summed E-state index contributed by atoms with van der Waals surface area (Å²) in [5.41, 5.74) is 5.38. The fraction of sp³-hybridized carbons (Fsp3) is 0.357. The SMILES string of the molecule is Cc1cc(CC(NN)c2cccc(OC(F)F)c2)n(C)n1. The zero-order valence-electron chi connectivity index (χ0n) is 11.9. The van der Waals surface area contributed by atoms with E-state index in [0.29, 0.717) is 6.42 Å². The molecule has 21 heavy (non-hydrogen) atoms. The van der Waals surface area contributed by atoms with Gasteiger partial charge in [-0.1, -0.05) is 12.1 Å². The van der Waals surface area contributed by atoms with E-state index in [1.54, 1.807) is 16.8 Å². The van der Waals surface area contributed by atoms with Crippen molar-refractivity contribution in [2.24, 2.45) is 12.9 Å². The van der Waals surface area contributed by atoms with Crippen LogP contribution < -0.4 is 16.0 Å².